The molecule has 11 nitrogen and oxygen atoms in total. The number of nitrogens with two attached hydrogens (primary N) is 1. The Bertz CT molecular complexity index is 1330. The van der Waals surface area contributed by atoms with E-state index in [0.717, 1.165) is 12.5 Å². The van der Waals surface area contributed by atoms with Crippen LogP contribution in [0.25, 0.3) is 0 Å². The molecule has 0 radical (unpaired) electrons. The minimum absolute atomic E-state index is 0.0910. The number of carbonyl (C=O) groups excluding carboxylic acids is 3. The van der Waals surface area contributed by atoms with Crippen LogP contribution in [0.15, 0.2) is 66.7 Å². The maximum absolute atomic E-state index is 13.6. The summed E-state index contributed by atoms with van der Waals surface area (Å²) in [4.78, 5) is 36.8. The molecule has 0 saturated heterocycles. The van der Waals surface area contributed by atoms with Crippen molar-refractivity contribution in [2.24, 2.45) is 5.73 Å². The molecule has 0 aliphatic carbocycles. The van der Waals surface area contributed by atoms with Gasteiger partial charge in [0, 0.05) is 36.3 Å². The summed E-state index contributed by atoms with van der Waals surface area (Å²) in [6.45, 7) is 0.775. The number of nitrogen functional groups attached to an aromatic ring is 1. The zero-order valence-electron chi connectivity index (χ0n) is 21.8. The number of benzene rings is 3. The Labute approximate surface area is 225 Å². The minimum Gasteiger partial charge on any atom is -0.493 e. The van der Waals surface area contributed by atoms with Gasteiger partial charge < -0.3 is 35.3 Å². The van der Waals surface area contributed by atoms with Crippen LogP contribution in [0, 0.1) is 5.41 Å². The van der Waals surface area contributed by atoms with Gasteiger partial charge in [0.1, 0.15) is 17.6 Å². The molecule has 0 fully saturated rings. The van der Waals surface area contributed by atoms with Gasteiger partial charge in [-0.1, -0.05) is 30.3 Å². The van der Waals surface area contributed by atoms with Crippen LogP contribution in [-0.4, -0.2) is 44.5 Å². The summed E-state index contributed by atoms with van der Waals surface area (Å²) >= 11 is 0. The lowest BCUT2D eigenvalue weighted by molar-refractivity contribution is -0.159. The predicted molar refractivity (Wildman–Crippen MR) is 144 cm³/mol. The number of ether oxygens (including phenoxy) is 4. The van der Waals surface area contributed by atoms with E-state index in [-0.39, 0.29) is 18.1 Å². The SMILES string of the molecule is COc1cc(OCC(=O)OC(C)=O)c(C(Nc2ccc(C(=N)N)cc2)C(=O)NCc2ccccc2)cc1OC. The number of amidine groups is 1. The highest BCUT2D eigenvalue weighted by atomic mass is 16.6. The second kappa shape index (κ2) is 13.5. The van der Waals surface area contributed by atoms with Gasteiger partial charge in [0.2, 0.25) is 5.91 Å². The third-order valence-corrected chi connectivity index (χ3v) is 5.51. The molecule has 0 bridgehead atoms. The van der Waals surface area contributed by atoms with Gasteiger partial charge in [0.25, 0.3) is 0 Å². The summed E-state index contributed by atoms with van der Waals surface area (Å²) in [7, 11) is 2.88. The van der Waals surface area contributed by atoms with Crippen molar-refractivity contribution in [2.45, 2.75) is 19.5 Å². The molecule has 5 N–H and O–H groups in total. The molecule has 3 aromatic rings. The number of carbonyl (C=O) groups is 3. The second-order valence-electron chi connectivity index (χ2n) is 8.27. The molecule has 0 saturated carbocycles. The molecular weight excluding hydrogens is 504 g/mol. The minimum atomic E-state index is -1.03. The number of rotatable bonds is 12. The van der Waals surface area contributed by atoms with E-state index in [0.29, 0.717) is 28.3 Å². The lowest BCUT2D eigenvalue weighted by Crippen LogP contribution is -2.33. The maximum atomic E-state index is 13.6. The average molecular weight is 535 g/mol. The molecular formula is C28H30N4O7. The first-order valence-corrected chi connectivity index (χ1v) is 11.8. The molecule has 0 aromatic heterocycles. The maximum Gasteiger partial charge on any atom is 0.351 e. The molecule has 0 aliphatic heterocycles. The van der Waals surface area contributed by atoms with E-state index in [2.05, 4.69) is 15.4 Å². The van der Waals surface area contributed by atoms with Crippen LogP contribution in [0.5, 0.6) is 17.2 Å². The first-order chi connectivity index (χ1) is 18.7. The van der Waals surface area contributed by atoms with Crippen LogP contribution >= 0.6 is 0 Å². The summed E-state index contributed by atoms with van der Waals surface area (Å²) < 4.78 is 21.1. The van der Waals surface area contributed by atoms with Crippen molar-refractivity contribution in [2.75, 3.05) is 26.1 Å². The zero-order chi connectivity index (χ0) is 28.4. The molecule has 204 valence electrons. The summed E-state index contributed by atoms with van der Waals surface area (Å²) in [6, 6.07) is 18.0. The number of esters is 2. The van der Waals surface area contributed by atoms with E-state index in [1.807, 2.05) is 30.3 Å². The quantitative estimate of drug-likeness (QED) is 0.118. The lowest BCUT2D eigenvalue weighted by Gasteiger charge is -2.24. The molecule has 11 heteroatoms. The summed E-state index contributed by atoms with van der Waals surface area (Å²) in [5.74, 6) is -1.43. The predicted octanol–water partition coefficient (Wildman–Crippen LogP) is 2.93. The molecule has 1 atom stereocenters. The first kappa shape index (κ1) is 28.5. The fraction of sp³-hybridized carbons (Fsp3) is 0.214. The van der Waals surface area contributed by atoms with Gasteiger partial charge >= 0.3 is 11.9 Å². The van der Waals surface area contributed by atoms with Crippen molar-refractivity contribution in [3.05, 3.63) is 83.4 Å². The number of hydrogen-bond acceptors (Lipinski definition) is 9. The number of hydrogen-bond donors (Lipinski definition) is 4. The Kier molecular flexibility index (Phi) is 9.85. The van der Waals surface area contributed by atoms with Crippen LogP contribution < -0.4 is 30.6 Å². The van der Waals surface area contributed by atoms with Crippen molar-refractivity contribution in [1.82, 2.24) is 5.32 Å². The lowest BCUT2D eigenvalue weighted by atomic mass is 10.0. The number of anilines is 1. The van der Waals surface area contributed by atoms with Crippen LogP contribution in [0.2, 0.25) is 0 Å². The third kappa shape index (κ3) is 7.96. The van der Waals surface area contributed by atoms with Gasteiger partial charge in [-0.05, 0) is 35.9 Å². The van der Waals surface area contributed by atoms with Crippen LogP contribution in [0.4, 0.5) is 5.69 Å². The van der Waals surface area contributed by atoms with E-state index in [4.69, 9.17) is 25.4 Å². The second-order valence-corrected chi connectivity index (χ2v) is 8.27. The van der Waals surface area contributed by atoms with Crippen molar-refractivity contribution >= 4 is 29.4 Å². The monoisotopic (exact) mass is 534 g/mol. The van der Waals surface area contributed by atoms with Crippen molar-refractivity contribution < 1.29 is 33.3 Å². The third-order valence-electron chi connectivity index (χ3n) is 5.51. The summed E-state index contributed by atoms with van der Waals surface area (Å²) in [6.07, 6.45) is 0. The van der Waals surface area contributed by atoms with Crippen LogP contribution in [0.3, 0.4) is 0 Å². The molecule has 0 heterocycles. The van der Waals surface area contributed by atoms with E-state index < -0.39 is 30.5 Å². The van der Waals surface area contributed by atoms with Gasteiger partial charge in [0.15, 0.2) is 18.1 Å². The van der Waals surface area contributed by atoms with E-state index in [1.54, 1.807) is 30.3 Å². The standard InChI is InChI=1S/C28H30N4O7/c1-17(33)39-25(34)16-38-22-14-24(37-3)23(36-2)13-21(22)26(28(35)31-15-18-7-5-4-6-8-18)32-20-11-9-19(10-12-20)27(29)30/h4-14,26,32H,15-16H2,1-3H3,(H3,29,30)(H,31,35). The van der Waals surface area contributed by atoms with Crippen molar-refractivity contribution in [3.63, 3.8) is 0 Å². The van der Waals surface area contributed by atoms with Crippen LogP contribution in [-0.2, 0) is 25.7 Å². The van der Waals surface area contributed by atoms with Gasteiger partial charge in [0.05, 0.1) is 14.2 Å². The number of methoxy groups -OCH3 is 2. The van der Waals surface area contributed by atoms with Gasteiger partial charge in [-0.3, -0.25) is 15.0 Å². The fourth-order valence-electron chi connectivity index (χ4n) is 3.64. The molecule has 0 spiro atoms. The molecule has 1 unspecified atom stereocenters. The average Bonchev–Trinajstić information content (AvgIpc) is 2.93. The molecule has 3 rings (SSSR count). The zero-order valence-corrected chi connectivity index (χ0v) is 21.8. The topological polar surface area (TPSA) is 162 Å². The Morgan fingerprint density at radius 1 is 0.923 bits per heavy atom. The Hall–Kier alpha value is -5.06. The molecule has 3 aromatic carbocycles. The first-order valence-electron chi connectivity index (χ1n) is 11.8. The smallest absolute Gasteiger partial charge is 0.351 e. The highest BCUT2D eigenvalue weighted by Crippen LogP contribution is 2.39. The van der Waals surface area contributed by atoms with Gasteiger partial charge in [-0.25, -0.2) is 4.79 Å². The van der Waals surface area contributed by atoms with E-state index in [9.17, 15) is 14.4 Å². The highest BCUT2D eigenvalue weighted by Gasteiger charge is 2.27. The summed E-state index contributed by atoms with van der Waals surface area (Å²) in [5, 5.41) is 13.7. The van der Waals surface area contributed by atoms with Gasteiger partial charge in [-0.2, -0.15) is 0 Å². The summed E-state index contributed by atoms with van der Waals surface area (Å²) in [5.41, 5.74) is 7.85. The normalized spacial score (nSPS) is 11.1. The molecule has 39 heavy (non-hydrogen) atoms. The van der Waals surface area contributed by atoms with E-state index in [1.165, 1.54) is 20.3 Å². The van der Waals surface area contributed by atoms with Crippen molar-refractivity contribution in [3.8, 4) is 17.2 Å². The molecule has 0 aliphatic rings. The number of nitrogens with one attached hydrogen (secondary N) is 3. The Morgan fingerprint density at radius 3 is 2.15 bits per heavy atom. The molecule has 1 amide bonds. The van der Waals surface area contributed by atoms with Crippen LogP contribution in [0.1, 0.15) is 29.7 Å². The van der Waals surface area contributed by atoms with Gasteiger partial charge in [-0.15, -0.1) is 0 Å². The van der Waals surface area contributed by atoms with E-state index >= 15 is 0 Å². The Morgan fingerprint density at radius 2 is 1.56 bits per heavy atom. The fourth-order valence-corrected chi connectivity index (χ4v) is 3.64. The highest BCUT2D eigenvalue weighted by molar-refractivity contribution is 5.95. The van der Waals surface area contributed by atoms with Crippen molar-refractivity contribution in [1.29, 1.82) is 5.41 Å². The number of amides is 1. The largest absolute Gasteiger partial charge is 0.493 e. The Balaban J connectivity index is 2.01.